The van der Waals surface area contributed by atoms with Crippen LogP contribution in [0.3, 0.4) is 0 Å². The van der Waals surface area contributed by atoms with E-state index in [1.54, 1.807) is 14.0 Å². The van der Waals surface area contributed by atoms with Gasteiger partial charge in [-0.15, -0.1) is 0 Å². The number of carbonyl (C=O) groups excluding carboxylic acids is 1. The third-order valence-electron chi connectivity index (χ3n) is 2.51. The van der Waals surface area contributed by atoms with E-state index in [4.69, 9.17) is 4.74 Å². The van der Waals surface area contributed by atoms with Gasteiger partial charge in [-0.25, -0.2) is 0 Å². The van der Waals surface area contributed by atoms with Crippen molar-refractivity contribution in [2.45, 2.75) is 26.9 Å². The normalized spacial score (nSPS) is 12.6. The number of carbonyl (C=O) groups is 1. The highest BCUT2D eigenvalue weighted by atomic mass is 16.5. The highest BCUT2D eigenvalue weighted by Crippen LogP contribution is 2.12. The number of hydrogen-bond donors (Lipinski definition) is 0. The number of rotatable bonds is 3. The molecule has 0 saturated heterocycles. The van der Waals surface area contributed by atoms with Gasteiger partial charge in [-0.2, -0.15) is 0 Å². The fourth-order valence-corrected chi connectivity index (χ4v) is 1.24. The van der Waals surface area contributed by atoms with Crippen molar-refractivity contribution < 1.29 is 9.53 Å². The second kappa shape index (κ2) is 4.38. The molecule has 1 aromatic carbocycles. The average molecular weight is 192 g/mol. The largest absolute Gasteiger partial charge is 0.374 e. The minimum atomic E-state index is -0.364. The van der Waals surface area contributed by atoms with Gasteiger partial charge >= 0.3 is 0 Å². The number of hydrogen-bond acceptors (Lipinski definition) is 2. The van der Waals surface area contributed by atoms with Crippen molar-refractivity contribution in [3.05, 3.63) is 34.9 Å². The Kier molecular flexibility index (Phi) is 3.42. The molecule has 0 bridgehead atoms. The van der Waals surface area contributed by atoms with E-state index in [2.05, 4.69) is 0 Å². The number of ketones is 1. The van der Waals surface area contributed by atoms with Crippen LogP contribution in [-0.4, -0.2) is 19.0 Å². The lowest BCUT2D eigenvalue weighted by molar-refractivity contribution is 0.0655. The standard InChI is InChI=1S/C12H16O2/c1-8-5-6-11(7-9(8)2)12(13)10(3)14-4/h5-7,10H,1-4H3. The predicted octanol–water partition coefficient (Wildman–Crippen LogP) is 2.52. The highest BCUT2D eigenvalue weighted by molar-refractivity contribution is 5.99. The summed E-state index contributed by atoms with van der Waals surface area (Å²) in [6.45, 7) is 5.80. The van der Waals surface area contributed by atoms with Crippen LogP contribution in [0.4, 0.5) is 0 Å². The number of Topliss-reactive ketones (excluding diaryl/α,β-unsaturated/α-hetero) is 1. The van der Waals surface area contributed by atoms with Gasteiger partial charge < -0.3 is 4.74 Å². The van der Waals surface area contributed by atoms with Crippen molar-refractivity contribution in [2.24, 2.45) is 0 Å². The molecule has 0 aliphatic carbocycles. The van der Waals surface area contributed by atoms with E-state index in [0.29, 0.717) is 0 Å². The summed E-state index contributed by atoms with van der Waals surface area (Å²) in [6, 6.07) is 5.72. The van der Waals surface area contributed by atoms with Crippen LogP contribution >= 0.6 is 0 Å². The first-order valence-electron chi connectivity index (χ1n) is 4.70. The molecule has 1 rings (SSSR count). The summed E-state index contributed by atoms with van der Waals surface area (Å²) < 4.78 is 4.99. The van der Waals surface area contributed by atoms with Crippen molar-refractivity contribution in [3.8, 4) is 0 Å². The molecule has 76 valence electrons. The van der Waals surface area contributed by atoms with Crippen LogP contribution in [0.25, 0.3) is 0 Å². The Balaban J connectivity index is 2.97. The predicted molar refractivity (Wildman–Crippen MR) is 56.7 cm³/mol. The first-order chi connectivity index (χ1) is 6.56. The van der Waals surface area contributed by atoms with Gasteiger partial charge in [0, 0.05) is 12.7 Å². The summed E-state index contributed by atoms with van der Waals surface area (Å²) in [5.74, 6) is 0.0376. The minimum absolute atomic E-state index is 0.0376. The van der Waals surface area contributed by atoms with Gasteiger partial charge in [-0.3, -0.25) is 4.79 Å². The van der Waals surface area contributed by atoms with Gasteiger partial charge in [-0.1, -0.05) is 12.1 Å². The van der Waals surface area contributed by atoms with Gasteiger partial charge in [0.15, 0.2) is 5.78 Å². The van der Waals surface area contributed by atoms with Crippen LogP contribution in [0.5, 0.6) is 0 Å². The molecule has 2 nitrogen and oxygen atoms in total. The molecule has 0 N–H and O–H groups in total. The van der Waals surface area contributed by atoms with Crippen LogP contribution < -0.4 is 0 Å². The first-order valence-corrected chi connectivity index (χ1v) is 4.70. The van der Waals surface area contributed by atoms with Crippen molar-refractivity contribution in [3.63, 3.8) is 0 Å². The molecular weight excluding hydrogens is 176 g/mol. The van der Waals surface area contributed by atoms with Crippen LogP contribution in [0.15, 0.2) is 18.2 Å². The number of ether oxygens (including phenoxy) is 1. The Bertz CT molecular complexity index is 342. The van der Waals surface area contributed by atoms with Crippen LogP contribution in [-0.2, 0) is 4.74 Å². The first kappa shape index (κ1) is 10.9. The lowest BCUT2D eigenvalue weighted by Gasteiger charge is -2.09. The summed E-state index contributed by atoms with van der Waals surface area (Å²) in [7, 11) is 1.55. The van der Waals surface area contributed by atoms with Gasteiger partial charge in [-0.05, 0) is 38.0 Å². The molecule has 0 aliphatic heterocycles. The Morgan fingerprint density at radius 1 is 1.29 bits per heavy atom. The summed E-state index contributed by atoms with van der Waals surface area (Å²) in [5.41, 5.74) is 3.06. The van der Waals surface area contributed by atoms with E-state index < -0.39 is 0 Å². The molecule has 0 aromatic heterocycles. The topological polar surface area (TPSA) is 26.3 Å². The molecule has 14 heavy (non-hydrogen) atoms. The van der Waals surface area contributed by atoms with Gasteiger partial charge in [0.05, 0.1) is 0 Å². The highest BCUT2D eigenvalue weighted by Gasteiger charge is 2.14. The van der Waals surface area contributed by atoms with Gasteiger partial charge in [0.1, 0.15) is 6.10 Å². The second-order valence-corrected chi connectivity index (χ2v) is 3.54. The summed E-state index contributed by atoms with van der Waals surface area (Å²) in [5, 5.41) is 0. The van der Waals surface area contributed by atoms with E-state index in [1.165, 1.54) is 5.56 Å². The Morgan fingerprint density at radius 3 is 2.43 bits per heavy atom. The van der Waals surface area contributed by atoms with Crippen LogP contribution in [0, 0.1) is 13.8 Å². The minimum Gasteiger partial charge on any atom is -0.374 e. The third kappa shape index (κ3) is 2.20. The van der Waals surface area contributed by atoms with E-state index >= 15 is 0 Å². The molecule has 2 heteroatoms. The Hall–Kier alpha value is -1.15. The van der Waals surface area contributed by atoms with E-state index in [1.807, 2.05) is 32.0 Å². The monoisotopic (exact) mass is 192 g/mol. The number of benzene rings is 1. The molecule has 0 amide bonds. The molecule has 1 unspecified atom stereocenters. The quantitative estimate of drug-likeness (QED) is 0.688. The molecule has 1 atom stereocenters. The molecular formula is C12H16O2. The zero-order valence-corrected chi connectivity index (χ0v) is 9.13. The summed E-state index contributed by atoms with van der Waals surface area (Å²) in [6.07, 6.45) is -0.364. The maximum atomic E-state index is 11.7. The average Bonchev–Trinajstić information content (AvgIpc) is 2.20. The smallest absolute Gasteiger partial charge is 0.191 e. The van der Waals surface area contributed by atoms with Crippen molar-refractivity contribution in [1.82, 2.24) is 0 Å². The van der Waals surface area contributed by atoms with E-state index in [0.717, 1.165) is 11.1 Å². The third-order valence-corrected chi connectivity index (χ3v) is 2.51. The van der Waals surface area contributed by atoms with Gasteiger partial charge in [0.2, 0.25) is 0 Å². The van der Waals surface area contributed by atoms with Crippen molar-refractivity contribution in [2.75, 3.05) is 7.11 Å². The van der Waals surface area contributed by atoms with Crippen molar-refractivity contribution in [1.29, 1.82) is 0 Å². The number of methoxy groups -OCH3 is 1. The molecule has 0 radical (unpaired) electrons. The molecule has 0 spiro atoms. The summed E-state index contributed by atoms with van der Waals surface area (Å²) >= 11 is 0. The van der Waals surface area contributed by atoms with Crippen LogP contribution in [0.2, 0.25) is 0 Å². The number of aryl methyl sites for hydroxylation is 2. The fraction of sp³-hybridized carbons (Fsp3) is 0.417. The lowest BCUT2D eigenvalue weighted by atomic mass is 10.0. The molecule has 0 aliphatic rings. The van der Waals surface area contributed by atoms with E-state index in [9.17, 15) is 4.79 Å². The Labute approximate surface area is 84.9 Å². The Morgan fingerprint density at radius 2 is 1.93 bits per heavy atom. The van der Waals surface area contributed by atoms with Crippen LogP contribution in [0.1, 0.15) is 28.4 Å². The van der Waals surface area contributed by atoms with Gasteiger partial charge in [0.25, 0.3) is 0 Å². The SMILES string of the molecule is COC(C)C(=O)c1ccc(C)c(C)c1. The maximum absolute atomic E-state index is 11.7. The van der Waals surface area contributed by atoms with E-state index in [-0.39, 0.29) is 11.9 Å². The molecule has 0 saturated carbocycles. The molecule has 0 fully saturated rings. The molecule has 1 aromatic rings. The fourth-order valence-electron chi connectivity index (χ4n) is 1.24. The van der Waals surface area contributed by atoms with Crippen molar-refractivity contribution >= 4 is 5.78 Å². The molecule has 0 heterocycles. The second-order valence-electron chi connectivity index (χ2n) is 3.54. The lowest BCUT2D eigenvalue weighted by Crippen LogP contribution is -2.19. The zero-order valence-electron chi connectivity index (χ0n) is 9.13. The maximum Gasteiger partial charge on any atom is 0.191 e. The zero-order chi connectivity index (χ0) is 10.7. The summed E-state index contributed by atoms with van der Waals surface area (Å²) in [4.78, 5) is 11.7.